The third-order valence-corrected chi connectivity index (χ3v) is 14.8. The molecule has 0 saturated heterocycles. The van der Waals surface area contributed by atoms with Crippen molar-refractivity contribution in [3.63, 3.8) is 0 Å². The molecule has 80 heavy (non-hydrogen) atoms. The average molecular weight is 1110 g/mol. The van der Waals surface area contributed by atoms with Crippen LogP contribution in [0.2, 0.25) is 0 Å². The standard InChI is InChI=1S/C74H128O6/c1-4-7-10-13-16-18-20-22-24-26-28-30-32-34-36-37-39-40-42-44-46-48-50-52-54-56-58-61-64-67-73(76)79-70-71(69-78-72(75)66-63-60-15-12-9-6-3)80-74(77)68-65-62-59-57-55-53-51-49-47-45-43-41-38-35-33-31-29-27-25-23-21-19-17-14-11-8-5-2/h8,11,17,19-20,22-23,25-26,28-29,31,35,38,43,45,71H,4-7,9-10,12-16,18,21,24,27,30,32-34,36-37,39-42,44,46-70H2,1-3H3/b11-8-,19-17-,22-20-,25-23-,28-26-,31-29-,38-35-,45-43-. The number of ether oxygens (including phenoxy) is 3. The quantitative estimate of drug-likeness (QED) is 0.0261. The predicted molar refractivity (Wildman–Crippen MR) is 348 cm³/mol. The third-order valence-electron chi connectivity index (χ3n) is 14.8. The molecule has 460 valence electrons. The first-order valence-electron chi connectivity index (χ1n) is 34.2. The van der Waals surface area contributed by atoms with E-state index in [1.807, 2.05) is 0 Å². The Kier molecular flexibility index (Phi) is 64.7. The van der Waals surface area contributed by atoms with Crippen LogP contribution in [0, 0.1) is 0 Å². The largest absolute Gasteiger partial charge is 0.462 e. The maximum atomic E-state index is 12.9. The van der Waals surface area contributed by atoms with Gasteiger partial charge >= 0.3 is 17.9 Å². The normalized spacial score (nSPS) is 12.7. The van der Waals surface area contributed by atoms with Crippen LogP contribution in [0.4, 0.5) is 0 Å². The summed E-state index contributed by atoms with van der Waals surface area (Å²) in [6.07, 6.45) is 91.8. The van der Waals surface area contributed by atoms with Gasteiger partial charge in [-0.1, -0.05) is 311 Å². The van der Waals surface area contributed by atoms with Crippen LogP contribution in [0.1, 0.15) is 335 Å². The van der Waals surface area contributed by atoms with Gasteiger partial charge in [0.15, 0.2) is 6.10 Å². The molecule has 0 rings (SSSR count). The van der Waals surface area contributed by atoms with Crippen LogP contribution in [0.25, 0.3) is 0 Å². The summed E-state index contributed by atoms with van der Waals surface area (Å²) in [7, 11) is 0. The van der Waals surface area contributed by atoms with Gasteiger partial charge in [-0.25, -0.2) is 0 Å². The van der Waals surface area contributed by atoms with Crippen LogP contribution >= 0.6 is 0 Å². The fourth-order valence-electron chi connectivity index (χ4n) is 9.71. The van der Waals surface area contributed by atoms with Gasteiger partial charge in [-0.2, -0.15) is 0 Å². The van der Waals surface area contributed by atoms with Crippen LogP contribution in [-0.2, 0) is 28.6 Å². The number of allylic oxidation sites excluding steroid dienone is 16. The Balaban J connectivity index is 4.06. The molecule has 0 fully saturated rings. The zero-order valence-corrected chi connectivity index (χ0v) is 52.8. The second-order valence-corrected chi connectivity index (χ2v) is 22.7. The molecule has 1 unspecified atom stereocenters. The molecule has 0 aliphatic rings. The van der Waals surface area contributed by atoms with Crippen molar-refractivity contribution in [3.8, 4) is 0 Å². The second-order valence-electron chi connectivity index (χ2n) is 22.7. The Hall–Kier alpha value is -3.67. The van der Waals surface area contributed by atoms with E-state index in [9.17, 15) is 14.4 Å². The van der Waals surface area contributed by atoms with Gasteiger partial charge in [0.1, 0.15) is 13.2 Å². The van der Waals surface area contributed by atoms with Crippen molar-refractivity contribution in [2.75, 3.05) is 13.2 Å². The van der Waals surface area contributed by atoms with E-state index in [-0.39, 0.29) is 31.1 Å². The first kappa shape index (κ1) is 76.3. The average Bonchev–Trinajstić information content (AvgIpc) is 3.46. The molecule has 0 amide bonds. The fourth-order valence-corrected chi connectivity index (χ4v) is 9.71. The molecule has 0 N–H and O–H groups in total. The Morgan fingerprint density at radius 1 is 0.263 bits per heavy atom. The third kappa shape index (κ3) is 65.1. The minimum atomic E-state index is -0.779. The van der Waals surface area contributed by atoms with E-state index in [4.69, 9.17) is 14.2 Å². The molecule has 0 aromatic heterocycles. The van der Waals surface area contributed by atoms with Crippen LogP contribution in [0.5, 0.6) is 0 Å². The van der Waals surface area contributed by atoms with Crippen LogP contribution in [0.3, 0.4) is 0 Å². The molecule has 0 bridgehead atoms. The number of hydrogen-bond acceptors (Lipinski definition) is 6. The highest BCUT2D eigenvalue weighted by Gasteiger charge is 2.19. The lowest BCUT2D eigenvalue weighted by atomic mass is 10.0. The van der Waals surface area contributed by atoms with Gasteiger partial charge in [-0.05, 0) is 103 Å². The highest BCUT2D eigenvalue weighted by atomic mass is 16.6. The van der Waals surface area contributed by atoms with Gasteiger partial charge in [0, 0.05) is 19.3 Å². The van der Waals surface area contributed by atoms with E-state index in [0.29, 0.717) is 19.3 Å². The molecular formula is C74H128O6. The topological polar surface area (TPSA) is 78.9 Å². The molecule has 0 aromatic rings. The van der Waals surface area contributed by atoms with Gasteiger partial charge < -0.3 is 14.2 Å². The minimum Gasteiger partial charge on any atom is -0.462 e. The van der Waals surface area contributed by atoms with Gasteiger partial charge in [-0.15, -0.1) is 0 Å². The summed E-state index contributed by atoms with van der Waals surface area (Å²) >= 11 is 0. The number of unbranched alkanes of at least 4 members (excludes halogenated alkanes) is 35. The van der Waals surface area contributed by atoms with E-state index >= 15 is 0 Å². The highest BCUT2D eigenvalue weighted by Crippen LogP contribution is 2.17. The Morgan fingerprint density at radius 3 is 0.762 bits per heavy atom. The highest BCUT2D eigenvalue weighted by molar-refractivity contribution is 5.71. The van der Waals surface area contributed by atoms with Crippen molar-refractivity contribution < 1.29 is 28.6 Å². The molecule has 0 radical (unpaired) electrons. The number of esters is 3. The zero-order chi connectivity index (χ0) is 57.8. The maximum Gasteiger partial charge on any atom is 0.306 e. The van der Waals surface area contributed by atoms with Crippen LogP contribution in [0.15, 0.2) is 97.2 Å². The summed E-state index contributed by atoms with van der Waals surface area (Å²) in [6, 6.07) is 0. The van der Waals surface area contributed by atoms with Crippen molar-refractivity contribution in [1.82, 2.24) is 0 Å². The van der Waals surface area contributed by atoms with Crippen molar-refractivity contribution in [2.45, 2.75) is 341 Å². The lowest BCUT2D eigenvalue weighted by Crippen LogP contribution is -2.30. The van der Waals surface area contributed by atoms with Crippen LogP contribution < -0.4 is 0 Å². The number of rotatable bonds is 62. The smallest absolute Gasteiger partial charge is 0.306 e. The molecule has 0 saturated carbocycles. The molecule has 6 nitrogen and oxygen atoms in total. The predicted octanol–water partition coefficient (Wildman–Crippen LogP) is 23.6. The summed E-state index contributed by atoms with van der Waals surface area (Å²) in [6.45, 7) is 6.48. The molecule has 0 aromatic carbocycles. The van der Waals surface area contributed by atoms with Gasteiger partial charge in [0.25, 0.3) is 0 Å². The molecule has 0 spiro atoms. The molecule has 0 aliphatic heterocycles. The number of carbonyl (C=O) groups excluding carboxylic acids is 3. The Bertz CT molecular complexity index is 1560. The molecule has 6 heteroatoms. The summed E-state index contributed by atoms with van der Waals surface area (Å²) in [4.78, 5) is 38.1. The number of hydrogen-bond donors (Lipinski definition) is 0. The summed E-state index contributed by atoms with van der Waals surface area (Å²) in [5, 5.41) is 0. The van der Waals surface area contributed by atoms with Gasteiger partial charge in [0.05, 0.1) is 0 Å². The van der Waals surface area contributed by atoms with Crippen molar-refractivity contribution in [2.24, 2.45) is 0 Å². The minimum absolute atomic E-state index is 0.0781. The van der Waals surface area contributed by atoms with E-state index < -0.39 is 6.10 Å². The SMILES string of the molecule is CC/C=C\C/C=C\C/C=C\C/C=C\C/C=C\C/C=C\CCCCCCCCCCC(=O)OC(COC(=O)CCCCCCCC)COC(=O)CCCCCCCCCCCCCCCCCCC/C=C\C/C=C\CCCCCCC. The zero-order valence-electron chi connectivity index (χ0n) is 52.8. The monoisotopic (exact) mass is 1110 g/mol. The fraction of sp³-hybridized carbons (Fsp3) is 0.743. The maximum absolute atomic E-state index is 12.9. The Morgan fingerprint density at radius 2 is 0.487 bits per heavy atom. The summed E-state index contributed by atoms with van der Waals surface area (Å²) < 4.78 is 16.8. The Labute approximate surface area is 496 Å². The first-order chi connectivity index (χ1) is 39.5. The van der Waals surface area contributed by atoms with Crippen molar-refractivity contribution >= 4 is 17.9 Å². The molecule has 0 aliphatic carbocycles. The van der Waals surface area contributed by atoms with Gasteiger partial charge in [0.2, 0.25) is 0 Å². The second kappa shape index (κ2) is 67.8. The lowest BCUT2D eigenvalue weighted by molar-refractivity contribution is -0.167. The van der Waals surface area contributed by atoms with E-state index in [1.165, 1.54) is 186 Å². The summed E-state index contributed by atoms with van der Waals surface area (Å²) in [5.74, 6) is -0.885. The molecule has 1 atom stereocenters. The molecule has 0 heterocycles. The lowest BCUT2D eigenvalue weighted by Gasteiger charge is -2.18. The van der Waals surface area contributed by atoms with Crippen molar-refractivity contribution in [3.05, 3.63) is 97.2 Å². The first-order valence-corrected chi connectivity index (χ1v) is 34.2. The van der Waals surface area contributed by atoms with E-state index in [1.54, 1.807) is 0 Å². The van der Waals surface area contributed by atoms with Crippen molar-refractivity contribution in [1.29, 1.82) is 0 Å². The van der Waals surface area contributed by atoms with Crippen LogP contribution in [-0.4, -0.2) is 37.2 Å². The summed E-state index contributed by atoms with van der Waals surface area (Å²) in [5.41, 5.74) is 0. The molecular weight excluding hydrogens is 985 g/mol. The number of carbonyl (C=O) groups is 3. The van der Waals surface area contributed by atoms with E-state index in [2.05, 4.69) is 118 Å². The van der Waals surface area contributed by atoms with Gasteiger partial charge in [-0.3, -0.25) is 14.4 Å². The van der Waals surface area contributed by atoms with E-state index in [0.717, 1.165) is 109 Å².